The third kappa shape index (κ3) is 2.34. The molecule has 0 amide bonds. The minimum atomic E-state index is -0.157. The SMILES string of the molecule is Clc1ccc(C2=C[C@H](c3ccc(Br)o3)n3ncnc3N2)cc1. The zero-order chi connectivity index (χ0) is 15.1. The number of furan rings is 1. The molecule has 4 rings (SSSR count). The van der Waals surface area contributed by atoms with E-state index in [9.17, 15) is 0 Å². The third-order valence-electron chi connectivity index (χ3n) is 3.45. The van der Waals surface area contributed by atoms with Gasteiger partial charge >= 0.3 is 0 Å². The van der Waals surface area contributed by atoms with Crippen LogP contribution in [0.15, 0.2) is 57.9 Å². The highest BCUT2D eigenvalue weighted by atomic mass is 79.9. The molecule has 0 fully saturated rings. The Morgan fingerprint density at radius 3 is 2.73 bits per heavy atom. The van der Waals surface area contributed by atoms with Crippen LogP contribution >= 0.6 is 27.5 Å². The van der Waals surface area contributed by atoms with Crippen LogP contribution in [0.3, 0.4) is 0 Å². The molecule has 3 aromatic rings. The lowest BCUT2D eigenvalue weighted by Crippen LogP contribution is -2.19. The number of anilines is 1. The fourth-order valence-electron chi connectivity index (χ4n) is 2.42. The van der Waals surface area contributed by atoms with Gasteiger partial charge in [-0.3, -0.25) is 0 Å². The highest BCUT2D eigenvalue weighted by molar-refractivity contribution is 9.10. The number of nitrogens with zero attached hydrogens (tertiary/aromatic N) is 3. The van der Waals surface area contributed by atoms with Crippen molar-refractivity contribution in [2.24, 2.45) is 0 Å². The Balaban J connectivity index is 1.80. The fraction of sp³-hybridized carbons (Fsp3) is 0.0667. The Bertz CT molecular complexity index is 853. The van der Waals surface area contributed by atoms with Gasteiger partial charge in [-0.25, -0.2) is 4.68 Å². The molecule has 0 saturated heterocycles. The average molecular weight is 378 g/mol. The van der Waals surface area contributed by atoms with Crippen molar-refractivity contribution >= 4 is 39.2 Å². The second kappa shape index (κ2) is 5.30. The lowest BCUT2D eigenvalue weighted by atomic mass is 10.1. The van der Waals surface area contributed by atoms with Crippen LogP contribution in [0.4, 0.5) is 5.95 Å². The molecule has 1 aromatic carbocycles. The maximum absolute atomic E-state index is 5.95. The molecule has 1 atom stereocenters. The van der Waals surface area contributed by atoms with E-state index < -0.39 is 0 Å². The van der Waals surface area contributed by atoms with Crippen LogP contribution < -0.4 is 5.32 Å². The molecule has 7 heteroatoms. The minimum Gasteiger partial charge on any atom is -0.452 e. The van der Waals surface area contributed by atoms with E-state index in [-0.39, 0.29) is 6.04 Å². The van der Waals surface area contributed by atoms with Gasteiger partial charge in [0.1, 0.15) is 18.1 Å². The lowest BCUT2D eigenvalue weighted by Gasteiger charge is -2.22. The van der Waals surface area contributed by atoms with Gasteiger partial charge in [0.2, 0.25) is 5.95 Å². The standard InChI is InChI=1S/C15H10BrClN4O/c16-14-6-5-13(22-14)12-7-11(9-1-3-10(17)4-2-9)20-15-18-8-19-21(12)15/h1-8,12H,(H,18,19,20)/t12-/m1/s1. The van der Waals surface area contributed by atoms with Gasteiger partial charge in [0, 0.05) is 10.7 Å². The quantitative estimate of drug-likeness (QED) is 0.721. The molecule has 5 nitrogen and oxygen atoms in total. The number of nitrogens with one attached hydrogen (secondary N) is 1. The Morgan fingerprint density at radius 1 is 1.18 bits per heavy atom. The zero-order valence-electron chi connectivity index (χ0n) is 11.2. The molecule has 110 valence electrons. The first kappa shape index (κ1) is 13.6. The second-order valence-electron chi connectivity index (χ2n) is 4.83. The van der Waals surface area contributed by atoms with Crippen molar-refractivity contribution < 1.29 is 4.42 Å². The monoisotopic (exact) mass is 376 g/mol. The van der Waals surface area contributed by atoms with Crippen LogP contribution in [0.1, 0.15) is 17.4 Å². The highest BCUT2D eigenvalue weighted by Crippen LogP contribution is 2.33. The van der Waals surface area contributed by atoms with E-state index in [0.717, 1.165) is 17.0 Å². The summed E-state index contributed by atoms with van der Waals surface area (Å²) in [7, 11) is 0. The maximum Gasteiger partial charge on any atom is 0.226 e. The summed E-state index contributed by atoms with van der Waals surface area (Å²) in [6.07, 6.45) is 3.57. The number of hydrogen-bond acceptors (Lipinski definition) is 4. The van der Waals surface area contributed by atoms with Crippen molar-refractivity contribution in [3.8, 4) is 0 Å². The van der Waals surface area contributed by atoms with Crippen molar-refractivity contribution in [1.82, 2.24) is 14.8 Å². The summed E-state index contributed by atoms with van der Waals surface area (Å²) in [6, 6.07) is 11.3. The van der Waals surface area contributed by atoms with Crippen LogP contribution in [0.5, 0.6) is 0 Å². The molecule has 3 heterocycles. The van der Waals surface area contributed by atoms with Crippen molar-refractivity contribution in [1.29, 1.82) is 0 Å². The molecular formula is C15H10BrClN4O. The molecule has 0 aliphatic carbocycles. The zero-order valence-corrected chi connectivity index (χ0v) is 13.5. The summed E-state index contributed by atoms with van der Waals surface area (Å²) in [5.74, 6) is 1.46. The van der Waals surface area contributed by atoms with Gasteiger partial charge in [-0.15, -0.1) is 0 Å². The molecule has 2 aromatic heterocycles. The Kier molecular flexibility index (Phi) is 3.28. The van der Waals surface area contributed by atoms with Crippen molar-refractivity contribution in [2.45, 2.75) is 6.04 Å². The second-order valence-corrected chi connectivity index (χ2v) is 6.05. The van der Waals surface area contributed by atoms with Gasteiger partial charge in [0.15, 0.2) is 4.67 Å². The van der Waals surface area contributed by atoms with E-state index in [4.69, 9.17) is 16.0 Å². The molecule has 22 heavy (non-hydrogen) atoms. The Hall–Kier alpha value is -2.05. The molecule has 1 N–H and O–H groups in total. The van der Waals surface area contributed by atoms with E-state index >= 15 is 0 Å². The van der Waals surface area contributed by atoms with E-state index in [1.807, 2.05) is 36.4 Å². The van der Waals surface area contributed by atoms with Crippen LogP contribution in [0.2, 0.25) is 5.02 Å². The van der Waals surface area contributed by atoms with Crippen molar-refractivity contribution in [2.75, 3.05) is 5.32 Å². The van der Waals surface area contributed by atoms with Gasteiger partial charge in [0.25, 0.3) is 0 Å². The summed E-state index contributed by atoms with van der Waals surface area (Å²) < 4.78 is 8.15. The smallest absolute Gasteiger partial charge is 0.226 e. The first-order valence-corrected chi connectivity index (χ1v) is 7.77. The number of fused-ring (bicyclic) bond motifs is 1. The van der Waals surface area contributed by atoms with Gasteiger partial charge in [-0.2, -0.15) is 10.1 Å². The van der Waals surface area contributed by atoms with E-state index in [1.165, 1.54) is 6.33 Å². The maximum atomic E-state index is 5.95. The predicted molar refractivity (Wildman–Crippen MR) is 87.6 cm³/mol. The number of allylic oxidation sites excluding steroid dienone is 1. The molecule has 0 spiro atoms. The van der Waals surface area contributed by atoms with E-state index in [0.29, 0.717) is 15.6 Å². The summed E-state index contributed by atoms with van der Waals surface area (Å²) in [4.78, 5) is 4.25. The minimum absolute atomic E-state index is 0.157. The largest absolute Gasteiger partial charge is 0.452 e. The molecule has 0 saturated carbocycles. The van der Waals surface area contributed by atoms with Gasteiger partial charge in [0.05, 0.1) is 0 Å². The Morgan fingerprint density at radius 2 is 2.00 bits per heavy atom. The number of rotatable bonds is 2. The van der Waals surface area contributed by atoms with Crippen molar-refractivity contribution in [3.63, 3.8) is 0 Å². The number of benzene rings is 1. The lowest BCUT2D eigenvalue weighted by molar-refractivity contribution is 0.434. The van der Waals surface area contributed by atoms with Gasteiger partial charge in [-0.1, -0.05) is 23.7 Å². The topological polar surface area (TPSA) is 55.9 Å². The van der Waals surface area contributed by atoms with Crippen LogP contribution in [-0.4, -0.2) is 14.8 Å². The first-order valence-electron chi connectivity index (χ1n) is 6.60. The fourth-order valence-corrected chi connectivity index (χ4v) is 2.87. The normalized spacial score (nSPS) is 16.8. The summed E-state index contributed by atoms with van der Waals surface area (Å²) in [5.41, 5.74) is 1.96. The van der Waals surface area contributed by atoms with Gasteiger partial charge in [-0.05, 0) is 51.8 Å². The van der Waals surface area contributed by atoms with Crippen LogP contribution in [-0.2, 0) is 0 Å². The molecule has 1 aliphatic heterocycles. The van der Waals surface area contributed by atoms with Crippen LogP contribution in [0, 0.1) is 0 Å². The van der Waals surface area contributed by atoms with Gasteiger partial charge < -0.3 is 9.73 Å². The molecule has 0 bridgehead atoms. The number of hydrogen-bond donors (Lipinski definition) is 1. The van der Waals surface area contributed by atoms with E-state index in [2.05, 4.69) is 37.4 Å². The van der Waals surface area contributed by atoms with E-state index in [1.54, 1.807) is 4.68 Å². The van der Waals surface area contributed by atoms with Crippen LogP contribution in [0.25, 0.3) is 5.70 Å². The molecule has 1 aliphatic rings. The average Bonchev–Trinajstić information content (AvgIpc) is 3.15. The summed E-state index contributed by atoms with van der Waals surface area (Å²) in [5, 5.41) is 8.24. The Labute approximate surface area is 139 Å². The first-order chi connectivity index (χ1) is 10.7. The molecule has 0 unspecified atom stereocenters. The summed E-state index contributed by atoms with van der Waals surface area (Å²) in [6.45, 7) is 0. The van der Waals surface area contributed by atoms with Crippen molar-refractivity contribution in [3.05, 3.63) is 69.8 Å². The predicted octanol–water partition coefficient (Wildman–Crippen LogP) is 4.34. The number of aromatic nitrogens is 3. The molecule has 0 radical (unpaired) electrons. The third-order valence-corrected chi connectivity index (χ3v) is 4.13. The summed E-state index contributed by atoms with van der Waals surface area (Å²) >= 11 is 9.29. The number of halogens is 2. The highest BCUT2D eigenvalue weighted by Gasteiger charge is 2.25. The molecular weight excluding hydrogens is 368 g/mol.